The zero-order chi connectivity index (χ0) is 23.1. The molecule has 166 valence electrons. The van der Waals surface area contributed by atoms with E-state index >= 15 is 0 Å². The van der Waals surface area contributed by atoms with Crippen LogP contribution in [0.15, 0.2) is 83.8 Å². The molecule has 0 aliphatic heterocycles. The third-order valence-electron chi connectivity index (χ3n) is 4.61. The summed E-state index contributed by atoms with van der Waals surface area (Å²) < 4.78 is 40.5. The highest BCUT2D eigenvalue weighted by Crippen LogP contribution is 2.18. The minimum atomic E-state index is -3.86. The van der Waals surface area contributed by atoms with Crippen LogP contribution in [-0.2, 0) is 10.0 Å². The molecule has 0 aliphatic rings. The lowest BCUT2D eigenvalue weighted by molar-refractivity contribution is -0.384. The first-order chi connectivity index (χ1) is 15.3. The number of anilines is 1. The number of hydrogen-bond acceptors (Lipinski definition) is 5. The number of para-hydroxylation sites is 1. The number of amides is 1. The Kier molecular flexibility index (Phi) is 7.29. The molecule has 1 N–H and O–H groups in total. The number of nitro benzene ring substituents is 1. The molecule has 3 rings (SSSR count). The number of halogens is 1. The van der Waals surface area contributed by atoms with Crippen molar-refractivity contribution in [1.82, 2.24) is 4.72 Å². The Hall–Kier alpha value is -3.63. The summed E-state index contributed by atoms with van der Waals surface area (Å²) in [5.74, 6) is -0.789. The van der Waals surface area contributed by atoms with Crippen molar-refractivity contribution in [3.05, 3.63) is 100 Å². The number of carbonyl (C=O) groups is 1. The van der Waals surface area contributed by atoms with E-state index in [2.05, 4.69) is 4.72 Å². The van der Waals surface area contributed by atoms with Gasteiger partial charge in [0.25, 0.3) is 11.6 Å². The van der Waals surface area contributed by atoms with E-state index in [0.29, 0.717) is 17.7 Å². The lowest BCUT2D eigenvalue weighted by atomic mass is 10.1. The van der Waals surface area contributed by atoms with Crippen molar-refractivity contribution in [2.45, 2.75) is 11.3 Å². The molecule has 3 aromatic rings. The molecule has 1 amide bonds. The van der Waals surface area contributed by atoms with Crippen LogP contribution in [0.3, 0.4) is 0 Å². The van der Waals surface area contributed by atoms with Gasteiger partial charge in [0.1, 0.15) is 5.82 Å². The summed E-state index contributed by atoms with van der Waals surface area (Å²) in [6.45, 7) is 0.252. The van der Waals surface area contributed by atoms with Crippen molar-refractivity contribution in [3.8, 4) is 0 Å². The summed E-state index contributed by atoms with van der Waals surface area (Å²) in [7, 11) is -3.86. The summed E-state index contributed by atoms with van der Waals surface area (Å²) in [6.07, 6.45) is 0.300. The molecule has 8 nitrogen and oxygen atoms in total. The molecule has 0 aromatic heterocycles. The van der Waals surface area contributed by atoms with Crippen LogP contribution in [0.5, 0.6) is 0 Å². The van der Waals surface area contributed by atoms with E-state index < -0.39 is 20.8 Å². The van der Waals surface area contributed by atoms with Crippen molar-refractivity contribution in [2.75, 3.05) is 18.0 Å². The SMILES string of the molecule is O=C(c1ccc(F)cc1)N(CCCNS(=O)(=O)c1ccc([N+](=O)[O-])cc1)c1ccccc1. The van der Waals surface area contributed by atoms with E-state index in [1.807, 2.05) is 6.07 Å². The van der Waals surface area contributed by atoms with Gasteiger partial charge in [0, 0.05) is 36.5 Å². The van der Waals surface area contributed by atoms with Crippen molar-refractivity contribution >= 4 is 27.3 Å². The maximum atomic E-state index is 13.2. The van der Waals surface area contributed by atoms with Gasteiger partial charge in [0.15, 0.2) is 0 Å². The normalized spacial score (nSPS) is 11.2. The third-order valence-corrected chi connectivity index (χ3v) is 6.09. The van der Waals surface area contributed by atoms with Gasteiger partial charge in [0.2, 0.25) is 10.0 Å². The van der Waals surface area contributed by atoms with E-state index in [0.717, 1.165) is 24.3 Å². The van der Waals surface area contributed by atoms with Gasteiger partial charge < -0.3 is 4.90 Å². The van der Waals surface area contributed by atoms with Gasteiger partial charge in [-0.3, -0.25) is 14.9 Å². The third kappa shape index (κ3) is 5.74. The second-order valence-electron chi connectivity index (χ2n) is 6.80. The van der Waals surface area contributed by atoms with E-state index in [-0.39, 0.29) is 29.6 Å². The summed E-state index contributed by atoms with van der Waals surface area (Å²) in [4.78, 5) is 24.5. The number of non-ortho nitro benzene ring substituents is 1. The standard InChI is InChI=1S/C22H20FN3O5S/c23-18-9-7-17(8-10-18)22(27)25(19-5-2-1-3-6-19)16-4-15-24-32(30,31)21-13-11-20(12-14-21)26(28)29/h1-3,5-14,24H,4,15-16H2. The molecule has 10 heteroatoms. The molecule has 0 fully saturated rings. The van der Waals surface area contributed by atoms with Gasteiger partial charge in [-0.25, -0.2) is 17.5 Å². The fraction of sp³-hybridized carbons (Fsp3) is 0.136. The largest absolute Gasteiger partial charge is 0.308 e. The maximum absolute atomic E-state index is 13.2. The minimum Gasteiger partial charge on any atom is -0.308 e. The topological polar surface area (TPSA) is 110 Å². The fourth-order valence-corrected chi connectivity index (χ4v) is 4.05. The van der Waals surface area contributed by atoms with E-state index in [9.17, 15) is 27.7 Å². The van der Waals surface area contributed by atoms with E-state index in [4.69, 9.17) is 0 Å². The highest BCUT2D eigenvalue weighted by molar-refractivity contribution is 7.89. The fourth-order valence-electron chi connectivity index (χ4n) is 2.98. The number of nitrogens with zero attached hydrogens (tertiary/aromatic N) is 2. The maximum Gasteiger partial charge on any atom is 0.269 e. The molecule has 0 saturated heterocycles. The van der Waals surface area contributed by atoms with Crippen LogP contribution in [0.2, 0.25) is 0 Å². The summed E-state index contributed by atoms with van der Waals surface area (Å²) in [6, 6.07) is 18.6. The van der Waals surface area contributed by atoms with Crippen molar-refractivity contribution in [1.29, 1.82) is 0 Å². The zero-order valence-corrected chi connectivity index (χ0v) is 17.7. The molecule has 0 unspecified atom stereocenters. The number of hydrogen-bond donors (Lipinski definition) is 1. The van der Waals surface area contributed by atoms with Crippen LogP contribution in [0.25, 0.3) is 0 Å². The van der Waals surface area contributed by atoms with Crippen LogP contribution in [0, 0.1) is 15.9 Å². The van der Waals surface area contributed by atoms with Gasteiger partial charge in [-0.15, -0.1) is 0 Å². The van der Waals surface area contributed by atoms with Crippen molar-refractivity contribution in [3.63, 3.8) is 0 Å². The number of nitrogens with one attached hydrogen (secondary N) is 1. The number of nitro groups is 1. The highest BCUT2D eigenvalue weighted by atomic mass is 32.2. The molecule has 0 bridgehead atoms. The second kappa shape index (κ2) is 10.1. The molecular weight excluding hydrogens is 437 g/mol. The van der Waals surface area contributed by atoms with E-state index in [1.165, 1.54) is 29.2 Å². The molecule has 32 heavy (non-hydrogen) atoms. The van der Waals surface area contributed by atoms with Crippen LogP contribution in [-0.4, -0.2) is 32.3 Å². The average Bonchev–Trinajstić information content (AvgIpc) is 2.80. The first-order valence-corrected chi connectivity index (χ1v) is 11.1. The predicted octanol–water partition coefficient (Wildman–Crippen LogP) is 3.75. The summed E-state index contributed by atoms with van der Waals surface area (Å²) >= 11 is 0. The van der Waals surface area contributed by atoms with Crippen molar-refractivity contribution < 1.29 is 22.5 Å². The molecule has 0 saturated carbocycles. The lowest BCUT2D eigenvalue weighted by Crippen LogP contribution is -2.34. The number of rotatable bonds is 9. The van der Waals surface area contributed by atoms with Crippen LogP contribution in [0.1, 0.15) is 16.8 Å². The minimum absolute atomic E-state index is 0.0410. The smallest absolute Gasteiger partial charge is 0.269 e. The molecule has 0 heterocycles. The molecule has 0 atom stereocenters. The summed E-state index contributed by atoms with van der Waals surface area (Å²) in [5.41, 5.74) is 0.725. The Labute approximate surface area is 184 Å². The molecule has 0 spiro atoms. The molecule has 3 aromatic carbocycles. The lowest BCUT2D eigenvalue weighted by Gasteiger charge is -2.23. The van der Waals surface area contributed by atoms with Crippen molar-refractivity contribution in [2.24, 2.45) is 0 Å². The second-order valence-corrected chi connectivity index (χ2v) is 8.57. The molecule has 0 radical (unpaired) electrons. The molecular formula is C22H20FN3O5S. The summed E-state index contributed by atoms with van der Waals surface area (Å²) in [5, 5.41) is 10.7. The Balaban J connectivity index is 1.66. The highest BCUT2D eigenvalue weighted by Gasteiger charge is 2.19. The van der Waals surface area contributed by atoms with Gasteiger partial charge in [-0.2, -0.15) is 0 Å². The van der Waals surface area contributed by atoms with Crippen LogP contribution < -0.4 is 9.62 Å². The van der Waals surface area contributed by atoms with Gasteiger partial charge >= 0.3 is 0 Å². The number of carbonyl (C=O) groups excluding carboxylic acids is 1. The van der Waals surface area contributed by atoms with Gasteiger partial charge in [-0.05, 0) is 55.0 Å². The Morgan fingerprint density at radius 3 is 2.19 bits per heavy atom. The zero-order valence-electron chi connectivity index (χ0n) is 16.8. The van der Waals surface area contributed by atoms with E-state index in [1.54, 1.807) is 24.3 Å². The van der Waals surface area contributed by atoms with Gasteiger partial charge in [0.05, 0.1) is 9.82 Å². The number of sulfonamides is 1. The van der Waals surface area contributed by atoms with Gasteiger partial charge in [-0.1, -0.05) is 18.2 Å². The average molecular weight is 457 g/mol. The Morgan fingerprint density at radius 2 is 1.59 bits per heavy atom. The quantitative estimate of drug-likeness (QED) is 0.299. The Morgan fingerprint density at radius 1 is 0.969 bits per heavy atom. The predicted molar refractivity (Wildman–Crippen MR) is 117 cm³/mol. The number of benzene rings is 3. The first kappa shape index (κ1) is 23.0. The monoisotopic (exact) mass is 457 g/mol. The van der Waals surface area contributed by atoms with Crippen LogP contribution >= 0.6 is 0 Å². The van der Waals surface area contributed by atoms with Crippen LogP contribution in [0.4, 0.5) is 15.8 Å². The Bertz CT molecular complexity index is 1180. The molecule has 0 aliphatic carbocycles. The first-order valence-electron chi connectivity index (χ1n) is 9.64.